The number of nitrogens with zero attached hydrogens (tertiary/aromatic N) is 2. The number of hydrogen-bond acceptors (Lipinski definition) is 5. The van der Waals surface area contributed by atoms with Crippen molar-refractivity contribution >= 4 is 27.4 Å². The highest BCUT2D eigenvalue weighted by Gasteiger charge is 2.18. The van der Waals surface area contributed by atoms with Crippen molar-refractivity contribution in [3.8, 4) is 0 Å². The van der Waals surface area contributed by atoms with Crippen LogP contribution in [0.15, 0.2) is 35.4 Å². The summed E-state index contributed by atoms with van der Waals surface area (Å²) in [6.45, 7) is 3.45. The zero-order valence-electron chi connectivity index (χ0n) is 16.0. The quantitative estimate of drug-likeness (QED) is 0.708. The van der Waals surface area contributed by atoms with Crippen molar-refractivity contribution in [2.45, 2.75) is 56.9 Å². The lowest BCUT2D eigenvalue weighted by molar-refractivity contribution is 0.244. The van der Waals surface area contributed by atoms with Crippen molar-refractivity contribution in [3.63, 3.8) is 0 Å². The molecule has 3 rings (SSSR count). The highest BCUT2D eigenvalue weighted by atomic mass is 32.2. The molecule has 1 saturated carbocycles. The number of benzene rings is 1. The number of nitrogens with one attached hydrogen (secondary N) is 3. The van der Waals surface area contributed by atoms with Gasteiger partial charge in [0.1, 0.15) is 5.82 Å². The minimum Gasteiger partial charge on any atom is -0.335 e. The Balaban J connectivity index is 1.63. The monoisotopic (exact) mass is 403 g/mol. The van der Waals surface area contributed by atoms with E-state index in [-0.39, 0.29) is 17.0 Å². The predicted molar refractivity (Wildman–Crippen MR) is 108 cm³/mol. The number of sulfonamides is 1. The Morgan fingerprint density at radius 2 is 1.75 bits per heavy atom. The van der Waals surface area contributed by atoms with E-state index in [1.54, 1.807) is 26.0 Å². The van der Waals surface area contributed by atoms with Gasteiger partial charge in [-0.25, -0.2) is 23.2 Å². The van der Waals surface area contributed by atoms with Crippen molar-refractivity contribution < 1.29 is 13.2 Å². The first-order valence-electron chi connectivity index (χ1n) is 9.34. The second-order valence-corrected chi connectivity index (χ2v) is 8.66. The van der Waals surface area contributed by atoms with Gasteiger partial charge in [-0.05, 0) is 51.0 Å². The molecule has 1 aromatic carbocycles. The van der Waals surface area contributed by atoms with E-state index in [9.17, 15) is 13.2 Å². The number of carbonyl (C=O) groups is 1. The molecule has 150 valence electrons. The second kappa shape index (κ2) is 8.55. The number of hydrogen-bond donors (Lipinski definition) is 3. The molecule has 1 aliphatic carbocycles. The average molecular weight is 404 g/mol. The maximum atomic E-state index is 12.6. The van der Waals surface area contributed by atoms with Crippen LogP contribution < -0.4 is 15.4 Å². The molecule has 28 heavy (non-hydrogen) atoms. The highest BCUT2D eigenvalue weighted by Crippen LogP contribution is 2.20. The molecule has 9 heteroatoms. The van der Waals surface area contributed by atoms with Crippen molar-refractivity contribution in [2.75, 3.05) is 10.0 Å². The average Bonchev–Trinajstić information content (AvgIpc) is 2.65. The van der Waals surface area contributed by atoms with E-state index in [4.69, 9.17) is 0 Å². The van der Waals surface area contributed by atoms with E-state index in [0.29, 0.717) is 22.9 Å². The fraction of sp³-hybridized carbons (Fsp3) is 0.421. The topological polar surface area (TPSA) is 113 Å². The summed E-state index contributed by atoms with van der Waals surface area (Å²) >= 11 is 0. The molecular formula is C19H25N5O3S. The highest BCUT2D eigenvalue weighted by molar-refractivity contribution is 7.92. The van der Waals surface area contributed by atoms with E-state index < -0.39 is 10.0 Å². The molecule has 0 radical (unpaired) electrons. The molecule has 0 unspecified atom stereocenters. The number of aryl methyl sites for hydroxylation is 2. The standard InChI is InChI=1S/C19H25N5O3S/c1-13-18(12-20-14(2)21-13)24-28(26,27)17-10-8-16(9-11-17)23-19(25)22-15-6-4-3-5-7-15/h8-12,15,24H,3-7H2,1-2H3,(H2,22,23,25). The van der Waals surface area contributed by atoms with Crippen LogP contribution in [0.3, 0.4) is 0 Å². The Kier molecular flexibility index (Phi) is 6.13. The Morgan fingerprint density at radius 3 is 2.39 bits per heavy atom. The van der Waals surface area contributed by atoms with Crippen LogP contribution >= 0.6 is 0 Å². The summed E-state index contributed by atoms with van der Waals surface area (Å²) in [6.07, 6.45) is 6.93. The molecule has 0 saturated heterocycles. The third-order valence-electron chi connectivity index (χ3n) is 4.71. The van der Waals surface area contributed by atoms with Gasteiger partial charge in [-0.2, -0.15) is 0 Å². The van der Waals surface area contributed by atoms with Gasteiger partial charge in [0, 0.05) is 11.7 Å². The molecule has 0 spiro atoms. The van der Waals surface area contributed by atoms with Crippen LogP contribution in [-0.2, 0) is 10.0 Å². The molecule has 1 aliphatic rings. The van der Waals surface area contributed by atoms with E-state index in [0.717, 1.165) is 25.7 Å². The number of rotatable bonds is 5. The lowest BCUT2D eigenvalue weighted by Gasteiger charge is -2.22. The first-order chi connectivity index (χ1) is 13.3. The second-order valence-electron chi connectivity index (χ2n) is 6.98. The maximum Gasteiger partial charge on any atom is 0.319 e. The Morgan fingerprint density at radius 1 is 1.07 bits per heavy atom. The van der Waals surface area contributed by atoms with Crippen LogP contribution in [0.2, 0.25) is 0 Å². The smallest absolute Gasteiger partial charge is 0.319 e. The first kappa shape index (κ1) is 20.1. The molecule has 8 nitrogen and oxygen atoms in total. The van der Waals surface area contributed by atoms with Gasteiger partial charge < -0.3 is 10.6 Å². The SMILES string of the molecule is Cc1ncc(NS(=O)(=O)c2ccc(NC(=O)NC3CCCCC3)cc2)c(C)n1. The summed E-state index contributed by atoms with van der Waals surface area (Å²) in [7, 11) is -3.77. The van der Waals surface area contributed by atoms with E-state index in [1.165, 1.54) is 24.8 Å². The first-order valence-corrected chi connectivity index (χ1v) is 10.8. The van der Waals surface area contributed by atoms with Gasteiger partial charge in [0.2, 0.25) is 0 Å². The molecule has 0 bridgehead atoms. The van der Waals surface area contributed by atoms with Crippen LogP contribution in [-0.4, -0.2) is 30.5 Å². The van der Waals surface area contributed by atoms with Gasteiger partial charge in [-0.1, -0.05) is 19.3 Å². The number of aromatic nitrogens is 2. The van der Waals surface area contributed by atoms with Crippen LogP contribution in [0.4, 0.5) is 16.2 Å². The zero-order chi connectivity index (χ0) is 20.1. The van der Waals surface area contributed by atoms with Gasteiger partial charge in [0.25, 0.3) is 10.0 Å². The summed E-state index contributed by atoms with van der Waals surface area (Å²) in [4.78, 5) is 20.4. The van der Waals surface area contributed by atoms with E-state index >= 15 is 0 Å². The van der Waals surface area contributed by atoms with Crippen molar-refractivity contribution in [3.05, 3.63) is 42.0 Å². The minimum absolute atomic E-state index is 0.0886. The van der Waals surface area contributed by atoms with Gasteiger partial charge in [-0.3, -0.25) is 4.72 Å². The van der Waals surface area contributed by atoms with Gasteiger partial charge in [-0.15, -0.1) is 0 Å². The third kappa shape index (κ3) is 5.19. The number of anilines is 2. The summed E-state index contributed by atoms with van der Waals surface area (Å²) in [5, 5.41) is 5.71. The largest absolute Gasteiger partial charge is 0.335 e. The van der Waals surface area contributed by atoms with Crippen LogP contribution in [0, 0.1) is 13.8 Å². The van der Waals surface area contributed by atoms with Crippen LogP contribution in [0.1, 0.15) is 43.6 Å². The fourth-order valence-corrected chi connectivity index (χ4v) is 4.31. The van der Waals surface area contributed by atoms with Crippen LogP contribution in [0.25, 0.3) is 0 Å². The lowest BCUT2D eigenvalue weighted by Crippen LogP contribution is -2.39. The summed E-state index contributed by atoms with van der Waals surface area (Å²) in [5.41, 5.74) is 1.41. The fourth-order valence-electron chi connectivity index (χ4n) is 3.20. The molecular weight excluding hydrogens is 378 g/mol. The minimum atomic E-state index is -3.77. The maximum absolute atomic E-state index is 12.6. The molecule has 2 aromatic rings. The van der Waals surface area contributed by atoms with Gasteiger partial charge >= 0.3 is 6.03 Å². The molecule has 0 atom stereocenters. The molecule has 1 aromatic heterocycles. The van der Waals surface area contributed by atoms with Crippen molar-refractivity contribution in [1.29, 1.82) is 0 Å². The molecule has 2 amide bonds. The number of amides is 2. The Hall–Kier alpha value is -2.68. The van der Waals surface area contributed by atoms with E-state index in [2.05, 4.69) is 25.3 Å². The predicted octanol–water partition coefficient (Wildman–Crippen LogP) is 3.35. The normalized spacial score (nSPS) is 15.1. The Bertz CT molecular complexity index is 939. The van der Waals surface area contributed by atoms with Crippen LogP contribution in [0.5, 0.6) is 0 Å². The number of carbonyl (C=O) groups excluding carboxylic acids is 1. The molecule has 3 N–H and O–H groups in total. The Labute approximate surface area is 165 Å². The molecule has 1 fully saturated rings. The number of urea groups is 1. The van der Waals surface area contributed by atoms with E-state index in [1.807, 2.05) is 0 Å². The molecule has 0 aliphatic heterocycles. The van der Waals surface area contributed by atoms with Crippen molar-refractivity contribution in [1.82, 2.24) is 15.3 Å². The lowest BCUT2D eigenvalue weighted by atomic mass is 9.96. The van der Waals surface area contributed by atoms with Crippen molar-refractivity contribution in [2.24, 2.45) is 0 Å². The van der Waals surface area contributed by atoms with Gasteiger partial charge in [0.15, 0.2) is 0 Å². The zero-order valence-corrected chi connectivity index (χ0v) is 16.8. The third-order valence-corrected chi connectivity index (χ3v) is 6.09. The summed E-state index contributed by atoms with van der Waals surface area (Å²) in [5.74, 6) is 0.572. The van der Waals surface area contributed by atoms with Gasteiger partial charge in [0.05, 0.1) is 22.5 Å². The summed E-state index contributed by atoms with van der Waals surface area (Å²) < 4.78 is 27.6. The molecule has 1 heterocycles. The summed E-state index contributed by atoms with van der Waals surface area (Å²) in [6, 6.07) is 5.96.